The molecule has 0 aliphatic carbocycles. The van der Waals surface area contributed by atoms with Gasteiger partial charge in [-0.3, -0.25) is 14.0 Å². The first-order chi connectivity index (χ1) is 15.8. The van der Waals surface area contributed by atoms with Crippen molar-refractivity contribution in [3.63, 3.8) is 0 Å². The first-order valence-corrected chi connectivity index (χ1v) is 13.4. The highest BCUT2D eigenvalue weighted by atomic mass is 32.2. The molecule has 1 N–H and O–H groups in total. The van der Waals surface area contributed by atoms with Gasteiger partial charge in [0.2, 0.25) is 15.9 Å². The number of carbonyl (C=O) groups is 1. The maximum atomic E-state index is 12.9. The van der Waals surface area contributed by atoms with E-state index in [1.54, 1.807) is 31.2 Å². The number of benzene rings is 2. The lowest BCUT2D eigenvalue weighted by molar-refractivity contribution is -0.122. The van der Waals surface area contributed by atoms with E-state index in [1.807, 2.05) is 19.1 Å². The van der Waals surface area contributed by atoms with Crippen molar-refractivity contribution in [1.29, 1.82) is 0 Å². The highest BCUT2D eigenvalue weighted by molar-refractivity contribution is 7.92. The Bertz CT molecular complexity index is 1020. The summed E-state index contributed by atoms with van der Waals surface area (Å²) in [5.41, 5.74) is 2.65. The van der Waals surface area contributed by atoms with Crippen LogP contribution in [0.4, 0.5) is 5.69 Å². The van der Waals surface area contributed by atoms with E-state index in [9.17, 15) is 13.2 Å². The van der Waals surface area contributed by atoms with Crippen LogP contribution in [0.25, 0.3) is 0 Å². The van der Waals surface area contributed by atoms with Crippen LogP contribution in [0.5, 0.6) is 5.75 Å². The summed E-state index contributed by atoms with van der Waals surface area (Å²) >= 11 is 0. The zero-order valence-corrected chi connectivity index (χ0v) is 20.6. The fraction of sp³-hybridized carbons (Fsp3) is 0.480. The van der Waals surface area contributed by atoms with Gasteiger partial charge in [-0.2, -0.15) is 0 Å². The Morgan fingerprint density at radius 3 is 2.39 bits per heavy atom. The van der Waals surface area contributed by atoms with Crippen LogP contribution >= 0.6 is 0 Å². The average Bonchev–Trinajstić information content (AvgIpc) is 2.79. The van der Waals surface area contributed by atoms with Crippen molar-refractivity contribution in [3.8, 4) is 5.75 Å². The number of nitrogens with one attached hydrogen (secondary N) is 1. The zero-order chi connectivity index (χ0) is 23.8. The topological polar surface area (TPSA) is 79.0 Å². The van der Waals surface area contributed by atoms with E-state index in [0.29, 0.717) is 24.6 Å². The smallest absolute Gasteiger partial charge is 0.243 e. The fourth-order valence-electron chi connectivity index (χ4n) is 4.22. The molecule has 0 aromatic heterocycles. The Hall–Kier alpha value is -2.58. The van der Waals surface area contributed by atoms with Crippen LogP contribution in [0.3, 0.4) is 0 Å². The summed E-state index contributed by atoms with van der Waals surface area (Å²) in [6.45, 7) is 7.52. The van der Waals surface area contributed by atoms with Crippen LogP contribution in [-0.2, 0) is 27.9 Å². The number of amides is 1. The molecule has 7 nitrogen and oxygen atoms in total. The van der Waals surface area contributed by atoms with Gasteiger partial charge in [0, 0.05) is 13.1 Å². The van der Waals surface area contributed by atoms with Crippen molar-refractivity contribution in [2.24, 2.45) is 0 Å². The van der Waals surface area contributed by atoms with E-state index in [2.05, 4.69) is 22.3 Å². The number of piperidine rings is 1. The summed E-state index contributed by atoms with van der Waals surface area (Å²) in [4.78, 5) is 15.4. The number of carbonyl (C=O) groups excluding carboxylic acids is 1. The minimum Gasteiger partial charge on any atom is -0.494 e. The van der Waals surface area contributed by atoms with Crippen LogP contribution in [0, 0.1) is 0 Å². The van der Waals surface area contributed by atoms with Crippen molar-refractivity contribution >= 4 is 21.6 Å². The van der Waals surface area contributed by atoms with Gasteiger partial charge in [-0.15, -0.1) is 0 Å². The second-order valence-electron chi connectivity index (χ2n) is 8.54. The van der Waals surface area contributed by atoms with Gasteiger partial charge in [0.1, 0.15) is 11.8 Å². The van der Waals surface area contributed by atoms with Crippen molar-refractivity contribution in [1.82, 2.24) is 10.2 Å². The second-order valence-corrected chi connectivity index (χ2v) is 10.4. The van der Waals surface area contributed by atoms with Crippen LogP contribution in [0.15, 0.2) is 48.5 Å². The Balaban J connectivity index is 1.64. The van der Waals surface area contributed by atoms with Crippen molar-refractivity contribution in [2.75, 3.05) is 30.3 Å². The van der Waals surface area contributed by atoms with E-state index in [-0.39, 0.29) is 5.91 Å². The molecule has 180 valence electrons. The lowest BCUT2D eigenvalue weighted by Crippen LogP contribution is -2.47. The molecule has 3 rings (SSSR count). The molecular formula is C25H35N3O4S. The molecule has 8 heteroatoms. The quantitative estimate of drug-likeness (QED) is 0.571. The Morgan fingerprint density at radius 2 is 1.76 bits per heavy atom. The first kappa shape index (κ1) is 25.1. The van der Waals surface area contributed by atoms with E-state index in [4.69, 9.17) is 4.74 Å². The molecule has 0 spiro atoms. The number of rotatable bonds is 10. The molecule has 1 aliphatic heterocycles. The maximum Gasteiger partial charge on any atom is 0.243 e. The highest BCUT2D eigenvalue weighted by Gasteiger charge is 2.29. The van der Waals surface area contributed by atoms with Crippen LogP contribution in [0.2, 0.25) is 0 Å². The third-order valence-electron chi connectivity index (χ3n) is 5.80. The number of ether oxygens (including phenoxy) is 1. The molecule has 1 atom stereocenters. The summed E-state index contributed by atoms with van der Waals surface area (Å²) in [6, 6.07) is 14.0. The molecule has 0 bridgehead atoms. The van der Waals surface area contributed by atoms with Crippen LogP contribution in [0.1, 0.15) is 44.2 Å². The van der Waals surface area contributed by atoms with E-state index < -0.39 is 16.1 Å². The molecule has 1 amide bonds. The standard InChI is InChI=1S/C25H35N3O4S/c1-4-32-24-13-11-23(12-14-24)28(33(3,30)31)20(2)25(29)26-18-21-9-8-10-22(17-21)19-27-15-6-5-7-16-27/h8-14,17,20H,4-7,15-16,18-19H2,1-3H3,(H,26,29)/t20-/m1/s1. The lowest BCUT2D eigenvalue weighted by Gasteiger charge is -2.28. The third-order valence-corrected chi connectivity index (χ3v) is 7.05. The van der Waals surface area contributed by atoms with Gasteiger partial charge in [-0.25, -0.2) is 8.42 Å². The minimum absolute atomic E-state index is 0.345. The molecular weight excluding hydrogens is 438 g/mol. The van der Waals surface area contributed by atoms with Gasteiger partial charge < -0.3 is 10.1 Å². The van der Waals surface area contributed by atoms with Crippen molar-refractivity contribution < 1.29 is 17.9 Å². The Kier molecular flexibility index (Phi) is 8.74. The van der Waals surface area contributed by atoms with E-state index in [1.165, 1.54) is 24.8 Å². The molecule has 2 aromatic rings. The van der Waals surface area contributed by atoms with Crippen molar-refractivity contribution in [2.45, 2.75) is 52.2 Å². The zero-order valence-electron chi connectivity index (χ0n) is 19.8. The predicted octanol–water partition coefficient (Wildman–Crippen LogP) is 3.54. The average molecular weight is 474 g/mol. The summed E-state index contributed by atoms with van der Waals surface area (Å²) < 4.78 is 31.6. The molecule has 1 fully saturated rings. The summed E-state index contributed by atoms with van der Waals surface area (Å²) in [5.74, 6) is 0.298. The lowest BCUT2D eigenvalue weighted by atomic mass is 10.1. The SMILES string of the molecule is CCOc1ccc(N([C@H](C)C(=O)NCc2cccc(CN3CCCCC3)c2)S(C)(=O)=O)cc1. The minimum atomic E-state index is -3.67. The normalized spacial score (nSPS) is 15.6. The summed E-state index contributed by atoms with van der Waals surface area (Å²) in [5, 5.41) is 2.90. The van der Waals surface area contributed by atoms with Crippen LogP contribution in [-0.4, -0.2) is 51.2 Å². The number of anilines is 1. The van der Waals surface area contributed by atoms with Gasteiger partial charge in [0.25, 0.3) is 0 Å². The molecule has 0 unspecified atom stereocenters. The highest BCUT2D eigenvalue weighted by Crippen LogP contribution is 2.24. The number of hydrogen-bond donors (Lipinski definition) is 1. The van der Waals surface area contributed by atoms with E-state index >= 15 is 0 Å². The molecule has 1 aliphatic rings. The summed E-state index contributed by atoms with van der Waals surface area (Å²) in [6.07, 6.45) is 4.91. The molecule has 2 aromatic carbocycles. The van der Waals surface area contributed by atoms with Gasteiger partial charge in [0.05, 0.1) is 18.6 Å². The monoisotopic (exact) mass is 473 g/mol. The molecule has 0 radical (unpaired) electrons. The van der Waals surface area contributed by atoms with Crippen molar-refractivity contribution in [3.05, 3.63) is 59.7 Å². The Labute approximate surface area is 197 Å². The molecule has 0 saturated carbocycles. The molecule has 1 heterocycles. The van der Waals surface area contributed by atoms with Gasteiger partial charge in [0.15, 0.2) is 0 Å². The third kappa shape index (κ3) is 7.20. The maximum absolute atomic E-state index is 12.9. The summed E-state index contributed by atoms with van der Waals surface area (Å²) in [7, 11) is -3.67. The van der Waals surface area contributed by atoms with Crippen LogP contribution < -0.4 is 14.4 Å². The largest absolute Gasteiger partial charge is 0.494 e. The predicted molar refractivity (Wildman–Crippen MR) is 132 cm³/mol. The molecule has 1 saturated heterocycles. The van der Waals surface area contributed by atoms with Gasteiger partial charge in [-0.05, 0) is 75.2 Å². The first-order valence-electron chi connectivity index (χ1n) is 11.6. The van der Waals surface area contributed by atoms with Gasteiger partial charge in [-0.1, -0.05) is 30.7 Å². The number of hydrogen-bond acceptors (Lipinski definition) is 5. The van der Waals surface area contributed by atoms with E-state index in [0.717, 1.165) is 35.8 Å². The number of sulfonamides is 1. The number of likely N-dealkylation sites (tertiary alicyclic amines) is 1. The fourth-order valence-corrected chi connectivity index (χ4v) is 5.39. The molecule has 33 heavy (non-hydrogen) atoms. The number of nitrogens with zero attached hydrogens (tertiary/aromatic N) is 2. The van der Waals surface area contributed by atoms with Gasteiger partial charge >= 0.3 is 0 Å². The second kappa shape index (κ2) is 11.5. The Morgan fingerprint density at radius 1 is 1.09 bits per heavy atom.